The Morgan fingerprint density at radius 2 is 2.30 bits per heavy atom. The Labute approximate surface area is 117 Å². The summed E-state index contributed by atoms with van der Waals surface area (Å²) >= 11 is 0. The normalized spacial score (nSPS) is 9.70. The lowest BCUT2D eigenvalue weighted by Crippen LogP contribution is -2.26. The minimum absolute atomic E-state index is 0.239. The van der Waals surface area contributed by atoms with Gasteiger partial charge in [-0.05, 0) is 12.1 Å². The standard InChI is InChI=1S/C14H15N5O/c1-19-9-8-16-12(19)10-18-14(20)13-11(4-2-6-15)5-3-7-17-13/h3,5,7-9H,6,10,15H2,1H3,(H,18,20). The zero-order valence-electron chi connectivity index (χ0n) is 11.1. The smallest absolute Gasteiger partial charge is 0.271 e. The summed E-state index contributed by atoms with van der Waals surface area (Å²) in [6.45, 7) is 0.575. The largest absolute Gasteiger partial charge is 0.343 e. The van der Waals surface area contributed by atoms with Crippen molar-refractivity contribution < 1.29 is 4.79 Å². The lowest BCUT2D eigenvalue weighted by Gasteiger charge is -2.06. The number of aromatic nitrogens is 3. The monoisotopic (exact) mass is 269 g/mol. The lowest BCUT2D eigenvalue weighted by atomic mass is 10.2. The van der Waals surface area contributed by atoms with Gasteiger partial charge in [0.15, 0.2) is 0 Å². The van der Waals surface area contributed by atoms with Crippen LogP contribution in [0.1, 0.15) is 21.9 Å². The Hall–Kier alpha value is -2.65. The average molecular weight is 269 g/mol. The fourth-order valence-corrected chi connectivity index (χ4v) is 1.64. The molecule has 6 nitrogen and oxygen atoms in total. The third-order valence-corrected chi connectivity index (χ3v) is 2.68. The molecule has 0 aliphatic heterocycles. The number of hydrogen-bond acceptors (Lipinski definition) is 4. The first-order valence-electron chi connectivity index (χ1n) is 6.10. The molecular formula is C14H15N5O. The molecule has 0 saturated heterocycles. The fourth-order valence-electron chi connectivity index (χ4n) is 1.64. The van der Waals surface area contributed by atoms with Crippen LogP contribution in [0.5, 0.6) is 0 Å². The number of pyridine rings is 1. The van der Waals surface area contributed by atoms with Crippen LogP contribution in [0.3, 0.4) is 0 Å². The number of amides is 1. The predicted octanol–water partition coefficient (Wildman–Crippen LogP) is 0.0553. The first-order chi connectivity index (χ1) is 9.72. The van der Waals surface area contributed by atoms with Crippen LogP contribution in [0.4, 0.5) is 0 Å². The molecule has 2 aromatic rings. The van der Waals surface area contributed by atoms with Gasteiger partial charge in [0, 0.05) is 25.6 Å². The van der Waals surface area contributed by atoms with E-state index in [2.05, 4.69) is 27.1 Å². The molecule has 0 aromatic carbocycles. The van der Waals surface area contributed by atoms with Gasteiger partial charge in [-0.3, -0.25) is 4.79 Å². The van der Waals surface area contributed by atoms with E-state index >= 15 is 0 Å². The van der Waals surface area contributed by atoms with Crippen LogP contribution in [0.2, 0.25) is 0 Å². The van der Waals surface area contributed by atoms with Crippen molar-refractivity contribution in [1.29, 1.82) is 0 Å². The summed E-state index contributed by atoms with van der Waals surface area (Å²) in [6.07, 6.45) is 5.06. The van der Waals surface area contributed by atoms with Crippen LogP contribution < -0.4 is 11.1 Å². The number of nitrogens with one attached hydrogen (secondary N) is 1. The van der Waals surface area contributed by atoms with Crippen LogP contribution in [-0.2, 0) is 13.6 Å². The molecule has 6 heteroatoms. The van der Waals surface area contributed by atoms with E-state index in [1.807, 2.05) is 17.8 Å². The second-order valence-corrected chi connectivity index (χ2v) is 4.04. The summed E-state index contributed by atoms with van der Waals surface area (Å²) in [5.41, 5.74) is 6.20. The number of nitrogens with zero attached hydrogens (tertiary/aromatic N) is 3. The molecule has 2 rings (SSSR count). The summed E-state index contributed by atoms with van der Waals surface area (Å²) in [5, 5.41) is 2.78. The molecule has 0 atom stereocenters. The Morgan fingerprint density at radius 1 is 1.45 bits per heavy atom. The van der Waals surface area contributed by atoms with Gasteiger partial charge >= 0.3 is 0 Å². The van der Waals surface area contributed by atoms with Gasteiger partial charge < -0.3 is 15.6 Å². The fraction of sp³-hybridized carbons (Fsp3) is 0.214. The maximum absolute atomic E-state index is 12.1. The molecule has 0 saturated carbocycles. The summed E-state index contributed by atoms with van der Waals surface area (Å²) in [7, 11) is 1.87. The molecule has 0 radical (unpaired) electrons. The third kappa shape index (κ3) is 3.22. The van der Waals surface area contributed by atoms with Gasteiger partial charge in [0.2, 0.25) is 0 Å². The van der Waals surface area contributed by atoms with Gasteiger partial charge in [-0.15, -0.1) is 0 Å². The number of hydrogen-bond donors (Lipinski definition) is 2. The second-order valence-electron chi connectivity index (χ2n) is 4.04. The summed E-state index contributed by atoms with van der Waals surface area (Å²) < 4.78 is 1.84. The Kier molecular flexibility index (Phi) is 4.47. The molecule has 2 heterocycles. The molecule has 0 unspecified atom stereocenters. The average Bonchev–Trinajstić information content (AvgIpc) is 2.88. The van der Waals surface area contributed by atoms with Crippen LogP contribution in [0, 0.1) is 11.8 Å². The third-order valence-electron chi connectivity index (χ3n) is 2.68. The molecule has 0 bridgehead atoms. The van der Waals surface area contributed by atoms with Crippen molar-refractivity contribution in [3.63, 3.8) is 0 Å². The van der Waals surface area contributed by atoms with Gasteiger partial charge in [-0.1, -0.05) is 11.8 Å². The van der Waals surface area contributed by atoms with E-state index in [9.17, 15) is 4.79 Å². The SMILES string of the molecule is Cn1ccnc1CNC(=O)c1ncccc1C#CCN. The van der Waals surface area contributed by atoms with Gasteiger partial charge in [0.1, 0.15) is 11.5 Å². The molecule has 1 amide bonds. The molecular weight excluding hydrogens is 254 g/mol. The van der Waals surface area contributed by atoms with Crippen molar-refractivity contribution in [2.75, 3.05) is 6.54 Å². The zero-order valence-corrected chi connectivity index (χ0v) is 11.1. The van der Waals surface area contributed by atoms with Gasteiger partial charge in [0.25, 0.3) is 5.91 Å². The number of imidazole rings is 1. The lowest BCUT2D eigenvalue weighted by molar-refractivity contribution is 0.0944. The molecule has 20 heavy (non-hydrogen) atoms. The van der Waals surface area contributed by atoms with Crippen molar-refractivity contribution in [3.05, 3.63) is 47.8 Å². The molecule has 3 N–H and O–H groups in total. The Balaban J connectivity index is 2.11. The van der Waals surface area contributed by atoms with E-state index < -0.39 is 0 Å². The highest BCUT2D eigenvalue weighted by Gasteiger charge is 2.11. The van der Waals surface area contributed by atoms with Gasteiger partial charge in [-0.2, -0.15) is 0 Å². The quantitative estimate of drug-likeness (QED) is 0.771. The van der Waals surface area contributed by atoms with Crippen molar-refractivity contribution in [1.82, 2.24) is 19.9 Å². The van der Waals surface area contributed by atoms with Crippen LogP contribution in [-0.4, -0.2) is 27.0 Å². The predicted molar refractivity (Wildman–Crippen MR) is 74.5 cm³/mol. The number of rotatable bonds is 3. The first-order valence-corrected chi connectivity index (χ1v) is 6.10. The highest BCUT2D eigenvalue weighted by molar-refractivity contribution is 5.94. The van der Waals surface area contributed by atoms with E-state index in [0.29, 0.717) is 17.8 Å². The molecule has 102 valence electrons. The summed E-state index contributed by atoms with van der Waals surface area (Å²) in [4.78, 5) is 20.3. The summed E-state index contributed by atoms with van der Waals surface area (Å²) in [5.74, 6) is 6.04. The molecule has 0 aliphatic rings. The van der Waals surface area contributed by atoms with E-state index in [0.717, 1.165) is 5.82 Å². The Bertz CT molecular complexity index is 665. The van der Waals surface area contributed by atoms with Crippen molar-refractivity contribution in [3.8, 4) is 11.8 Å². The number of nitrogens with two attached hydrogens (primary N) is 1. The van der Waals surface area contributed by atoms with E-state index in [1.165, 1.54) is 0 Å². The van der Waals surface area contributed by atoms with Crippen LogP contribution in [0.25, 0.3) is 0 Å². The van der Waals surface area contributed by atoms with Gasteiger partial charge in [-0.25, -0.2) is 9.97 Å². The molecule has 2 aromatic heterocycles. The van der Waals surface area contributed by atoms with E-state index in [4.69, 9.17) is 5.73 Å². The highest BCUT2D eigenvalue weighted by Crippen LogP contribution is 2.04. The van der Waals surface area contributed by atoms with Crippen molar-refractivity contribution in [2.24, 2.45) is 12.8 Å². The minimum atomic E-state index is -0.282. The van der Waals surface area contributed by atoms with Crippen LogP contribution >= 0.6 is 0 Å². The molecule has 0 aliphatic carbocycles. The van der Waals surface area contributed by atoms with Crippen molar-refractivity contribution in [2.45, 2.75) is 6.54 Å². The number of carbonyl (C=O) groups is 1. The number of aryl methyl sites for hydroxylation is 1. The zero-order chi connectivity index (χ0) is 14.4. The molecule has 0 fully saturated rings. The minimum Gasteiger partial charge on any atom is -0.343 e. The van der Waals surface area contributed by atoms with Crippen molar-refractivity contribution >= 4 is 5.91 Å². The highest BCUT2D eigenvalue weighted by atomic mass is 16.1. The van der Waals surface area contributed by atoms with Gasteiger partial charge in [0.05, 0.1) is 18.7 Å². The van der Waals surface area contributed by atoms with Crippen LogP contribution in [0.15, 0.2) is 30.7 Å². The first kappa shape index (κ1) is 13.8. The maximum atomic E-state index is 12.1. The topological polar surface area (TPSA) is 85.8 Å². The van der Waals surface area contributed by atoms with E-state index in [1.54, 1.807) is 24.5 Å². The molecule has 0 spiro atoms. The second kappa shape index (κ2) is 6.50. The van der Waals surface area contributed by atoms with E-state index in [-0.39, 0.29) is 12.5 Å². The number of carbonyl (C=O) groups excluding carboxylic acids is 1. The Morgan fingerprint density at radius 3 is 3.00 bits per heavy atom. The maximum Gasteiger partial charge on any atom is 0.271 e. The summed E-state index contributed by atoms with van der Waals surface area (Å²) in [6, 6.07) is 3.47.